The normalized spacial score (nSPS) is 24.2. The summed E-state index contributed by atoms with van der Waals surface area (Å²) in [7, 11) is 3.73. The summed E-state index contributed by atoms with van der Waals surface area (Å²) in [4.78, 5) is 31.7. The lowest BCUT2D eigenvalue weighted by atomic mass is 9.81. The van der Waals surface area contributed by atoms with Crippen molar-refractivity contribution in [1.82, 2.24) is 29.5 Å². The maximum atomic E-state index is 13.0. The number of hydrogen-bond acceptors (Lipinski definition) is 5. The third-order valence-corrected chi connectivity index (χ3v) is 5.85. The predicted molar refractivity (Wildman–Crippen MR) is 105 cm³/mol. The molecule has 0 spiro atoms. The Morgan fingerprint density at radius 1 is 1.28 bits per heavy atom. The number of nitrogens with zero attached hydrogens (tertiary/aromatic N) is 5. The maximum Gasteiger partial charge on any atom is 0.274 e. The van der Waals surface area contributed by atoms with Crippen LogP contribution in [0.4, 0.5) is 0 Å². The molecule has 1 N–H and O–H groups in total. The molecule has 156 valence electrons. The number of amides is 2. The standard InChI is InChI=1S/C20H28N6O3/c1-24-12-16(22-13-24)20(28)26-7-8-29-18-4-3-15(9-17(18)26)19(27)21-6-5-14-10-23-25(2)11-14/h10-13,15,17-18H,3-9H2,1-2H3,(H,21,27)/t15-,17+,18+/m0/s1. The Hall–Kier alpha value is -2.68. The maximum absolute atomic E-state index is 13.0. The van der Waals surface area contributed by atoms with Crippen molar-refractivity contribution in [3.63, 3.8) is 0 Å². The third kappa shape index (κ3) is 4.34. The fourth-order valence-corrected chi connectivity index (χ4v) is 4.35. The summed E-state index contributed by atoms with van der Waals surface area (Å²) >= 11 is 0. The highest BCUT2D eigenvalue weighted by Gasteiger charge is 2.42. The van der Waals surface area contributed by atoms with Gasteiger partial charge in [-0.05, 0) is 31.2 Å². The number of morpholine rings is 1. The lowest BCUT2D eigenvalue weighted by molar-refractivity contribution is -0.131. The number of ether oxygens (including phenoxy) is 1. The first kappa shape index (κ1) is 19.6. The number of rotatable bonds is 5. The summed E-state index contributed by atoms with van der Waals surface area (Å²) in [5.41, 5.74) is 1.54. The number of carbonyl (C=O) groups is 2. The van der Waals surface area contributed by atoms with E-state index in [0.29, 0.717) is 31.8 Å². The van der Waals surface area contributed by atoms with E-state index in [-0.39, 0.29) is 29.9 Å². The van der Waals surface area contributed by atoms with Crippen molar-refractivity contribution in [2.75, 3.05) is 19.7 Å². The van der Waals surface area contributed by atoms with E-state index >= 15 is 0 Å². The Labute approximate surface area is 170 Å². The Morgan fingerprint density at radius 2 is 2.14 bits per heavy atom. The lowest BCUT2D eigenvalue weighted by Gasteiger charge is -2.45. The van der Waals surface area contributed by atoms with Gasteiger partial charge in [0.1, 0.15) is 5.69 Å². The van der Waals surface area contributed by atoms with Gasteiger partial charge in [-0.25, -0.2) is 4.98 Å². The van der Waals surface area contributed by atoms with Crippen LogP contribution in [0.2, 0.25) is 0 Å². The molecule has 2 aliphatic rings. The molecule has 0 radical (unpaired) electrons. The van der Waals surface area contributed by atoms with Crippen molar-refractivity contribution in [2.45, 2.75) is 37.8 Å². The minimum Gasteiger partial charge on any atom is -0.374 e. The molecule has 0 unspecified atom stereocenters. The van der Waals surface area contributed by atoms with Gasteiger partial charge in [0.05, 0.1) is 31.3 Å². The number of fused-ring (bicyclic) bond motifs is 1. The van der Waals surface area contributed by atoms with Crippen LogP contribution in [0.15, 0.2) is 24.9 Å². The minimum atomic E-state index is -0.106. The number of carbonyl (C=O) groups excluding carboxylic acids is 2. The largest absolute Gasteiger partial charge is 0.374 e. The van der Waals surface area contributed by atoms with Crippen molar-refractivity contribution >= 4 is 11.8 Å². The van der Waals surface area contributed by atoms with E-state index < -0.39 is 0 Å². The van der Waals surface area contributed by atoms with Gasteiger partial charge in [-0.15, -0.1) is 0 Å². The van der Waals surface area contributed by atoms with E-state index in [0.717, 1.165) is 24.8 Å². The molecule has 4 rings (SSSR count). The van der Waals surface area contributed by atoms with E-state index in [1.54, 1.807) is 21.8 Å². The molecule has 2 fully saturated rings. The van der Waals surface area contributed by atoms with Gasteiger partial charge in [0.15, 0.2) is 0 Å². The highest BCUT2D eigenvalue weighted by Crippen LogP contribution is 2.33. The average molecular weight is 400 g/mol. The molecule has 1 aliphatic carbocycles. The minimum absolute atomic E-state index is 0.00384. The van der Waals surface area contributed by atoms with Gasteiger partial charge < -0.3 is 19.5 Å². The van der Waals surface area contributed by atoms with Crippen LogP contribution in [-0.2, 0) is 30.0 Å². The Kier molecular flexibility index (Phi) is 5.66. The molecule has 0 bridgehead atoms. The molecule has 3 heterocycles. The van der Waals surface area contributed by atoms with Crippen LogP contribution in [0, 0.1) is 5.92 Å². The van der Waals surface area contributed by atoms with Crippen molar-refractivity contribution < 1.29 is 14.3 Å². The molecule has 9 heteroatoms. The summed E-state index contributed by atoms with van der Waals surface area (Å²) < 4.78 is 9.44. The van der Waals surface area contributed by atoms with Crippen LogP contribution < -0.4 is 5.32 Å². The smallest absolute Gasteiger partial charge is 0.274 e. The zero-order valence-corrected chi connectivity index (χ0v) is 17.0. The zero-order chi connectivity index (χ0) is 20.4. The van der Waals surface area contributed by atoms with Crippen LogP contribution in [0.5, 0.6) is 0 Å². The lowest BCUT2D eigenvalue weighted by Crippen LogP contribution is -2.57. The monoisotopic (exact) mass is 400 g/mol. The summed E-state index contributed by atoms with van der Waals surface area (Å²) in [6.45, 7) is 1.65. The Balaban J connectivity index is 1.36. The quantitative estimate of drug-likeness (QED) is 0.790. The second-order valence-corrected chi connectivity index (χ2v) is 7.97. The Bertz CT molecular complexity index is 875. The van der Waals surface area contributed by atoms with E-state index in [4.69, 9.17) is 4.74 Å². The summed E-state index contributed by atoms with van der Waals surface area (Å²) in [5.74, 6) is -0.129. The number of nitrogens with one attached hydrogen (secondary N) is 1. The van der Waals surface area contributed by atoms with Crippen LogP contribution >= 0.6 is 0 Å². The zero-order valence-electron chi connectivity index (χ0n) is 17.0. The van der Waals surface area contributed by atoms with Crippen molar-refractivity contribution in [2.24, 2.45) is 20.0 Å². The molecule has 3 atom stereocenters. The van der Waals surface area contributed by atoms with E-state index in [1.807, 2.05) is 31.4 Å². The van der Waals surface area contributed by atoms with E-state index in [1.165, 1.54) is 0 Å². The van der Waals surface area contributed by atoms with Gasteiger partial charge in [0.25, 0.3) is 5.91 Å². The number of aromatic nitrogens is 4. The first-order chi connectivity index (χ1) is 14.0. The molecule has 2 aromatic heterocycles. The molecule has 1 saturated carbocycles. The van der Waals surface area contributed by atoms with Crippen LogP contribution in [0.25, 0.3) is 0 Å². The van der Waals surface area contributed by atoms with Gasteiger partial charge in [-0.3, -0.25) is 14.3 Å². The predicted octanol–water partition coefficient (Wildman–Crippen LogP) is 0.522. The van der Waals surface area contributed by atoms with Crippen molar-refractivity contribution in [3.8, 4) is 0 Å². The Morgan fingerprint density at radius 3 is 2.86 bits per heavy atom. The van der Waals surface area contributed by atoms with Crippen LogP contribution in [0.3, 0.4) is 0 Å². The molecule has 1 aliphatic heterocycles. The van der Waals surface area contributed by atoms with E-state index in [9.17, 15) is 9.59 Å². The SMILES string of the molecule is Cn1cnc(C(=O)N2CCO[C@@H]3CC[C@H](C(=O)NCCc4cnn(C)c4)C[C@H]32)c1. The number of aryl methyl sites for hydroxylation is 2. The van der Waals surface area contributed by atoms with E-state index in [2.05, 4.69) is 15.4 Å². The fraction of sp³-hybridized carbons (Fsp3) is 0.600. The summed E-state index contributed by atoms with van der Waals surface area (Å²) in [6.07, 6.45) is 10.1. The summed E-state index contributed by atoms with van der Waals surface area (Å²) in [6, 6.07) is -0.0823. The molecule has 29 heavy (non-hydrogen) atoms. The first-order valence-corrected chi connectivity index (χ1v) is 10.2. The molecule has 2 amide bonds. The second kappa shape index (κ2) is 8.36. The first-order valence-electron chi connectivity index (χ1n) is 10.2. The fourth-order valence-electron chi connectivity index (χ4n) is 4.35. The number of imidazole rings is 1. The molecule has 9 nitrogen and oxygen atoms in total. The van der Waals surface area contributed by atoms with Gasteiger partial charge >= 0.3 is 0 Å². The molecule has 2 aromatic rings. The molecule has 0 aromatic carbocycles. The topological polar surface area (TPSA) is 94.3 Å². The van der Waals surface area contributed by atoms with Crippen LogP contribution in [-0.4, -0.2) is 67.9 Å². The molecular weight excluding hydrogens is 372 g/mol. The van der Waals surface area contributed by atoms with Gasteiger partial charge in [-0.2, -0.15) is 5.10 Å². The number of hydrogen-bond donors (Lipinski definition) is 1. The average Bonchev–Trinajstić information content (AvgIpc) is 3.34. The van der Waals surface area contributed by atoms with Crippen molar-refractivity contribution in [1.29, 1.82) is 0 Å². The molecule has 1 saturated heterocycles. The third-order valence-electron chi connectivity index (χ3n) is 5.85. The highest BCUT2D eigenvalue weighted by atomic mass is 16.5. The van der Waals surface area contributed by atoms with Gasteiger partial charge in [0.2, 0.25) is 5.91 Å². The highest BCUT2D eigenvalue weighted by molar-refractivity contribution is 5.92. The second-order valence-electron chi connectivity index (χ2n) is 7.97. The summed E-state index contributed by atoms with van der Waals surface area (Å²) in [5, 5.41) is 7.20. The molecular formula is C20H28N6O3. The van der Waals surface area contributed by atoms with Gasteiger partial charge in [0, 0.05) is 45.5 Å². The van der Waals surface area contributed by atoms with Crippen molar-refractivity contribution in [3.05, 3.63) is 36.2 Å². The van der Waals surface area contributed by atoms with Crippen LogP contribution in [0.1, 0.15) is 35.3 Å². The van der Waals surface area contributed by atoms with Gasteiger partial charge in [-0.1, -0.05) is 0 Å².